The van der Waals surface area contributed by atoms with Crippen molar-refractivity contribution < 1.29 is 9.53 Å². The summed E-state index contributed by atoms with van der Waals surface area (Å²) in [6.45, 7) is 9.91. The number of ether oxygens (including phenoxy) is 1. The maximum Gasteiger partial charge on any atom is 0.410 e. The normalized spacial score (nSPS) is 11.5. The number of guanidine groups is 1. The first-order valence-corrected chi connectivity index (χ1v) is 8.52. The van der Waals surface area contributed by atoms with E-state index >= 15 is 0 Å². The fourth-order valence-corrected chi connectivity index (χ4v) is 2.06. The van der Waals surface area contributed by atoms with Crippen LogP contribution in [0.1, 0.15) is 39.9 Å². The van der Waals surface area contributed by atoms with E-state index in [0.29, 0.717) is 32.1 Å². The van der Waals surface area contributed by atoms with Crippen LogP contribution in [0.3, 0.4) is 0 Å². The van der Waals surface area contributed by atoms with E-state index in [4.69, 9.17) is 4.74 Å². The number of nitrogens with zero attached hydrogens (tertiary/aromatic N) is 5. The second-order valence-electron chi connectivity index (χ2n) is 6.62. The van der Waals surface area contributed by atoms with Crippen LogP contribution in [0.25, 0.3) is 0 Å². The van der Waals surface area contributed by atoms with Gasteiger partial charge in [0, 0.05) is 33.7 Å². The van der Waals surface area contributed by atoms with Crippen LogP contribution in [-0.2, 0) is 18.3 Å². The number of amides is 1. The highest BCUT2D eigenvalue weighted by atomic mass is 127. The van der Waals surface area contributed by atoms with Gasteiger partial charge in [-0.15, -0.1) is 24.0 Å². The highest BCUT2D eigenvalue weighted by Crippen LogP contribution is 2.10. The first kappa shape index (κ1) is 24.4. The molecule has 0 fully saturated rings. The average molecular weight is 481 g/mol. The minimum atomic E-state index is -0.496. The molecule has 0 atom stereocenters. The van der Waals surface area contributed by atoms with E-state index in [1.54, 1.807) is 16.6 Å². The van der Waals surface area contributed by atoms with Crippen molar-refractivity contribution in [2.24, 2.45) is 12.0 Å². The number of hydrogen-bond donors (Lipinski definition) is 2. The van der Waals surface area contributed by atoms with Gasteiger partial charge in [-0.2, -0.15) is 5.10 Å². The predicted octanol–water partition coefficient (Wildman–Crippen LogP) is 1.75. The van der Waals surface area contributed by atoms with Crippen LogP contribution >= 0.6 is 24.0 Å². The van der Waals surface area contributed by atoms with E-state index in [9.17, 15) is 4.79 Å². The summed E-state index contributed by atoms with van der Waals surface area (Å²) in [6, 6.07) is 0. The fourth-order valence-electron chi connectivity index (χ4n) is 2.06. The quantitative estimate of drug-likeness (QED) is 0.350. The van der Waals surface area contributed by atoms with Crippen molar-refractivity contribution >= 4 is 36.0 Å². The second kappa shape index (κ2) is 11.9. The lowest BCUT2D eigenvalue weighted by molar-refractivity contribution is 0.0253. The number of carbonyl (C=O) groups is 1. The lowest BCUT2D eigenvalue weighted by atomic mass is 10.2. The zero-order valence-corrected chi connectivity index (χ0v) is 18.9. The Morgan fingerprint density at radius 3 is 2.54 bits per heavy atom. The maximum absolute atomic E-state index is 12.2. The second-order valence-corrected chi connectivity index (χ2v) is 6.62. The zero-order chi connectivity index (χ0) is 18.9. The molecule has 0 aromatic carbocycles. The van der Waals surface area contributed by atoms with Gasteiger partial charge < -0.3 is 20.3 Å². The minimum absolute atomic E-state index is 0. The molecule has 0 saturated heterocycles. The van der Waals surface area contributed by atoms with Gasteiger partial charge in [-0.25, -0.2) is 9.78 Å². The Labute approximate surface area is 173 Å². The minimum Gasteiger partial charge on any atom is -0.444 e. The van der Waals surface area contributed by atoms with Crippen LogP contribution < -0.4 is 10.6 Å². The Morgan fingerprint density at radius 1 is 1.35 bits per heavy atom. The van der Waals surface area contributed by atoms with E-state index in [-0.39, 0.29) is 30.1 Å². The Bertz CT molecular complexity index is 569. The summed E-state index contributed by atoms with van der Waals surface area (Å²) >= 11 is 0. The van der Waals surface area contributed by atoms with Gasteiger partial charge in [0.25, 0.3) is 0 Å². The highest BCUT2D eigenvalue weighted by Gasteiger charge is 2.21. The van der Waals surface area contributed by atoms with Crippen LogP contribution in [0.15, 0.2) is 11.3 Å². The average Bonchev–Trinajstić information content (AvgIpc) is 2.93. The third-order valence-electron chi connectivity index (χ3n) is 3.26. The smallest absolute Gasteiger partial charge is 0.410 e. The molecule has 1 aromatic heterocycles. The Kier molecular flexibility index (Phi) is 11.2. The predicted molar refractivity (Wildman–Crippen MR) is 113 cm³/mol. The fraction of sp³-hybridized carbons (Fsp3) is 0.750. The van der Waals surface area contributed by atoms with Crippen molar-refractivity contribution in [3.05, 3.63) is 12.2 Å². The van der Waals surface area contributed by atoms with Gasteiger partial charge >= 0.3 is 6.09 Å². The number of aryl methyl sites for hydroxylation is 1. The first-order chi connectivity index (χ1) is 11.8. The molecule has 0 saturated carbocycles. The van der Waals surface area contributed by atoms with Gasteiger partial charge in [-0.3, -0.25) is 9.67 Å². The molecule has 26 heavy (non-hydrogen) atoms. The summed E-state index contributed by atoms with van der Waals surface area (Å²) in [4.78, 5) is 22.2. The zero-order valence-electron chi connectivity index (χ0n) is 16.6. The molecule has 0 aliphatic carbocycles. The molecule has 0 bridgehead atoms. The highest BCUT2D eigenvalue weighted by molar-refractivity contribution is 14.0. The number of aromatic nitrogens is 3. The standard InChI is InChI=1S/C16H31N7O2.HI/c1-7-9-23(15(24)25-16(2,3)4)10-8-18-14(17-5)19-11-13-20-12-21-22(13)6;/h12H,7-11H2,1-6H3,(H2,17,18,19);1H. The molecule has 2 N–H and O–H groups in total. The number of hydrogen-bond acceptors (Lipinski definition) is 5. The van der Waals surface area contributed by atoms with Crippen molar-refractivity contribution in [1.82, 2.24) is 30.3 Å². The van der Waals surface area contributed by atoms with Gasteiger partial charge in [0.2, 0.25) is 0 Å². The summed E-state index contributed by atoms with van der Waals surface area (Å²) in [5.74, 6) is 1.45. The molecule has 1 heterocycles. The number of carbonyl (C=O) groups excluding carboxylic acids is 1. The Hall–Kier alpha value is -1.59. The lowest BCUT2D eigenvalue weighted by Gasteiger charge is -2.27. The molecular formula is C16H32IN7O2. The van der Waals surface area contributed by atoms with Crippen molar-refractivity contribution in [2.75, 3.05) is 26.7 Å². The van der Waals surface area contributed by atoms with Crippen LogP contribution in [0.4, 0.5) is 4.79 Å². The van der Waals surface area contributed by atoms with Gasteiger partial charge in [-0.05, 0) is 27.2 Å². The number of aliphatic imine (C=N–C) groups is 1. The number of rotatable bonds is 7. The largest absolute Gasteiger partial charge is 0.444 e. The van der Waals surface area contributed by atoms with Crippen LogP contribution in [-0.4, -0.2) is 64.0 Å². The van der Waals surface area contributed by atoms with Crippen molar-refractivity contribution in [2.45, 2.75) is 46.3 Å². The van der Waals surface area contributed by atoms with Crippen molar-refractivity contribution in [3.8, 4) is 0 Å². The first-order valence-electron chi connectivity index (χ1n) is 8.52. The summed E-state index contributed by atoms with van der Waals surface area (Å²) in [6.07, 6.45) is 2.09. The molecule has 1 aromatic rings. The van der Waals surface area contributed by atoms with Crippen molar-refractivity contribution in [1.29, 1.82) is 0 Å². The van der Waals surface area contributed by atoms with Crippen molar-refractivity contribution in [3.63, 3.8) is 0 Å². The number of halogens is 1. The molecule has 0 aliphatic heterocycles. The summed E-state index contributed by atoms with van der Waals surface area (Å²) in [7, 11) is 3.54. The summed E-state index contributed by atoms with van der Waals surface area (Å²) < 4.78 is 7.14. The van der Waals surface area contributed by atoms with E-state index in [2.05, 4.69) is 25.7 Å². The third-order valence-corrected chi connectivity index (χ3v) is 3.26. The number of nitrogens with one attached hydrogen (secondary N) is 2. The van der Waals surface area contributed by atoms with Gasteiger partial charge in [0.1, 0.15) is 17.8 Å². The molecule has 1 rings (SSSR count). The van der Waals surface area contributed by atoms with E-state index in [0.717, 1.165) is 12.2 Å². The van der Waals surface area contributed by atoms with Gasteiger partial charge in [0.15, 0.2) is 5.96 Å². The molecule has 0 spiro atoms. The summed E-state index contributed by atoms with van der Waals surface area (Å²) in [5, 5.41) is 10.4. The van der Waals surface area contributed by atoms with Crippen LogP contribution in [0.5, 0.6) is 0 Å². The summed E-state index contributed by atoms with van der Waals surface area (Å²) in [5.41, 5.74) is -0.496. The molecule has 0 unspecified atom stereocenters. The molecule has 0 aliphatic rings. The molecule has 1 amide bonds. The van der Waals surface area contributed by atoms with Crippen LogP contribution in [0, 0.1) is 0 Å². The van der Waals surface area contributed by atoms with Gasteiger partial charge in [0.05, 0.1) is 6.54 Å². The molecule has 10 heteroatoms. The molecule has 150 valence electrons. The van der Waals surface area contributed by atoms with E-state index in [1.165, 1.54) is 6.33 Å². The van der Waals surface area contributed by atoms with Gasteiger partial charge in [-0.1, -0.05) is 6.92 Å². The lowest BCUT2D eigenvalue weighted by Crippen LogP contribution is -2.44. The Morgan fingerprint density at radius 2 is 2.04 bits per heavy atom. The van der Waals surface area contributed by atoms with E-state index < -0.39 is 5.60 Å². The molecule has 9 nitrogen and oxygen atoms in total. The maximum atomic E-state index is 12.2. The topological polar surface area (TPSA) is 96.7 Å². The van der Waals surface area contributed by atoms with Crippen LogP contribution in [0.2, 0.25) is 0 Å². The molecular weight excluding hydrogens is 449 g/mol. The molecule has 0 radical (unpaired) electrons. The SMILES string of the molecule is CCCN(CCNC(=NC)NCc1ncnn1C)C(=O)OC(C)(C)C.I. The Balaban J connectivity index is 0.00000625. The third kappa shape index (κ3) is 9.20. The van der Waals surface area contributed by atoms with E-state index in [1.807, 2.05) is 34.7 Å². The monoisotopic (exact) mass is 481 g/mol.